The molecule has 0 heterocycles. The van der Waals surface area contributed by atoms with Crippen molar-refractivity contribution in [2.45, 2.75) is 26.4 Å². The number of methoxy groups -OCH3 is 1. The van der Waals surface area contributed by atoms with Crippen LogP contribution in [0.2, 0.25) is 0 Å². The molecule has 3 aromatic carbocycles. The van der Waals surface area contributed by atoms with Crippen LogP contribution in [0, 0.1) is 0 Å². The van der Waals surface area contributed by atoms with E-state index < -0.39 is 11.7 Å². The van der Waals surface area contributed by atoms with Crippen molar-refractivity contribution in [3.05, 3.63) is 78.9 Å². The molecule has 0 spiro atoms. The Bertz CT molecular complexity index is 1020. The highest BCUT2D eigenvalue weighted by molar-refractivity contribution is 6.03. The van der Waals surface area contributed by atoms with E-state index in [0.717, 1.165) is 16.3 Å². The van der Waals surface area contributed by atoms with Gasteiger partial charge in [-0.2, -0.15) is 0 Å². The molecule has 0 aliphatic carbocycles. The lowest BCUT2D eigenvalue weighted by Crippen LogP contribution is -2.35. The Morgan fingerprint density at radius 1 is 0.929 bits per heavy atom. The maximum atomic E-state index is 13.0. The van der Waals surface area contributed by atoms with Gasteiger partial charge in [0.25, 0.3) is 0 Å². The second-order valence-electron chi connectivity index (χ2n) is 7.53. The second-order valence-corrected chi connectivity index (χ2v) is 7.53. The highest BCUT2D eigenvalue weighted by Gasteiger charge is 2.26. The third-order valence-electron chi connectivity index (χ3n) is 4.24. The van der Waals surface area contributed by atoms with E-state index in [4.69, 9.17) is 9.47 Å². The highest BCUT2D eigenvalue weighted by atomic mass is 16.6. The van der Waals surface area contributed by atoms with Crippen LogP contribution in [-0.4, -0.2) is 18.8 Å². The lowest BCUT2D eigenvalue weighted by atomic mass is 10.0. The average Bonchev–Trinajstić information content (AvgIpc) is 2.66. The first-order valence-corrected chi connectivity index (χ1v) is 9.14. The molecule has 0 saturated heterocycles. The van der Waals surface area contributed by atoms with Crippen LogP contribution in [0.15, 0.2) is 73.3 Å². The first-order valence-electron chi connectivity index (χ1n) is 9.14. The van der Waals surface area contributed by atoms with Gasteiger partial charge < -0.3 is 9.47 Å². The van der Waals surface area contributed by atoms with Crippen molar-refractivity contribution in [3.63, 3.8) is 0 Å². The monoisotopic (exact) mass is 375 g/mol. The van der Waals surface area contributed by atoms with Crippen molar-refractivity contribution >= 4 is 28.3 Å². The van der Waals surface area contributed by atoms with Gasteiger partial charge in [0.1, 0.15) is 11.4 Å². The Morgan fingerprint density at radius 3 is 2.32 bits per heavy atom. The molecule has 0 fully saturated rings. The molecule has 28 heavy (non-hydrogen) atoms. The van der Waals surface area contributed by atoms with Gasteiger partial charge in [-0.1, -0.05) is 49.0 Å². The fourth-order valence-electron chi connectivity index (χ4n) is 2.93. The average molecular weight is 375 g/mol. The van der Waals surface area contributed by atoms with E-state index in [-0.39, 0.29) is 0 Å². The number of fused-ring (bicyclic) bond motifs is 1. The fraction of sp³-hybridized carbons (Fsp3) is 0.208. The largest absolute Gasteiger partial charge is 0.497 e. The summed E-state index contributed by atoms with van der Waals surface area (Å²) >= 11 is 0. The van der Waals surface area contributed by atoms with Crippen molar-refractivity contribution in [1.82, 2.24) is 0 Å². The van der Waals surface area contributed by atoms with E-state index in [9.17, 15) is 4.79 Å². The number of hydrogen-bond acceptors (Lipinski definition) is 3. The van der Waals surface area contributed by atoms with Crippen LogP contribution in [0.3, 0.4) is 0 Å². The smallest absolute Gasteiger partial charge is 0.419 e. The van der Waals surface area contributed by atoms with Crippen molar-refractivity contribution < 1.29 is 14.3 Å². The minimum atomic E-state index is -0.627. The van der Waals surface area contributed by atoms with Crippen molar-refractivity contribution in [2.24, 2.45) is 0 Å². The molecule has 0 aliphatic rings. The van der Waals surface area contributed by atoms with E-state index in [1.165, 1.54) is 4.90 Å². The quantitative estimate of drug-likeness (QED) is 0.540. The summed E-state index contributed by atoms with van der Waals surface area (Å²) in [6.07, 6.45) is -0.487. The Hall–Kier alpha value is -3.27. The maximum Gasteiger partial charge on any atom is 0.419 e. The van der Waals surface area contributed by atoms with Crippen molar-refractivity contribution in [3.8, 4) is 5.75 Å². The van der Waals surface area contributed by atoms with Crippen molar-refractivity contribution in [2.75, 3.05) is 12.0 Å². The van der Waals surface area contributed by atoms with Crippen molar-refractivity contribution in [1.29, 1.82) is 0 Å². The first-order chi connectivity index (χ1) is 13.3. The number of nitrogens with zero attached hydrogens (tertiary/aromatic N) is 1. The number of rotatable bonds is 4. The molecule has 0 radical (unpaired) electrons. The number of hydrogen-bond donors (Lipinski definition) is 0. The fourth-order valence-corrected chi connectivity index (χ4v) is 2.93. The van der Waals surface area contributed by atoms with Gasteiger partial charge in [0.05, 0.1) is 18.5 Å². The van der Waals surface area contributed by atoms with Crippen LogP contribution >= 0.6 is 0 Å². The third kappa shape index (κ3) is 4.34. The minimum Gasteiger partial charge on any atom is -0.497 e. The van der Waals surface area contributed by atoms with Crippen LogP contribution in [-0.2, 0) is 4.74 Å². The van der Waals surface area contributed by atoms with Gasteiger partial charge in [0, 0.05) is 6.07 Å². The third-order valence-corrected chi connectivity index (χ3v) is 4.24. The van der Waals surface area contributed by atoms with Gasteiger partial charge in [0.2, 0.25) is 0 Å². The van der Waals surface area contributed by atoms with Gasteiger partial charge >= 0.3 is 6.09 Å². The Kier molecular flexibility index (Phi) is 5.41. The lowest BCUT2D eigenvalue weighted by Gasteiger charge is -2.29. The molecular formula is C24H25NO3. The van der Waals surface area contributed by atoms with Crippen LogP contribution in [0.5, 0.6) is 5.75 Å². The maximum absolute atomic E-state index is 13.0. The van der Waals surface area contributed by atoms with Gasteiger partial charge in [-0.25, -0.2) is 9.69 Å². The summed E-state index contributed by atoms with van der Waals surface area (Å²) in [6.45, 7) is 9.72. The van der Waals surface area contributed by atoms with E-state index in [2.05, 4.69) is 12.6 Å². The number of amides is 1. The molecule has 4 nitrogen and oxygen atoms in total. The van der Waals surface area contributed by atoms with Crippen LogP contribution in [0.1, 0.15) is 26.3 Å². The van der Waals surface area contributed by atoms with Gasteiger partial charge in [-0.15, -0.1) is 0 Å². The van der Waals surface area contributed by atoms with Crippen LogP contribution < -0.4 is 9.64 Å². The van der Waals surface area contributed by atoms with Gasteiger partial charge in [0.15, 0.2) is 0 Å². The number of ether oxygens (including phenoxy) is 2. The van der Waals surface area contributed by atoms with E-state index in [0.29, 0.717) is 17.1 Å². The molecule has 3 aromatic rings. The summed E-state index contributed by atoms with van der Waals surface area (Å²) < 4.78 is 11.0. The molecule has 0 N–H and O–H groups in total. The highest BCUT2D eigenvalue weighted by Crippen LogP contribution is 2.31. The minimum absolute atomic E-state index is 0.487. The molecule has 0 aromatic heterocycles. The summed E-state index contributed by atoms with van der Waals surface area (Å²) in [5, 5.41) is 2.21. The summed E-state index contributed by atoms with van der Waals surface area (Å²) in [7, 11) is 1.59. The number of carbonyl (C=O) groups excluding carboxylic acids is 1. The molecule has 144 valence electrons. The lowest BCUT2D eigenvalue weighted by molar-refractivity contribution is 0.0600. The van der Waals surface area contributed by atoms with Crippen LogP contribution in [0.4, 0.5) is 10.5 Å². The van der Waals surface area contributed by atoms with Gasteiger partial charge in [-0.05, 0) is 55.3 Å². The SMILES string of the molecule is C=C(c1ccc2ccccc2c1)N(C(=O)OC(C)(C)C)c1cccc(OC)c1. The summed E-state index contributed by atoms with van der Waals surface area (Å²) in [4.78, 5) is 14.5. The molecule has 3 rings (SSSR count). The number of benzene rings is 3. The Morgan fingerprint density at radius 2 is 1.64 bits per heavy atom. The molecule has 0 unspecified atom stereocenters. The Labute approximate surface area is 166 Å². The number of carbonyl (C=O) groups is 1. The van der Waals surface area contributed by atoms with E-state index in [1.807, 2.05) is 75.4 Å². The predicted octanol–water partition coefficient (Wildman–Crippen LogP) is 6.26. The molecular weight excluding hydrogens is 350 g/mol. The molecule has 1 amide bonds. The molecule has 0 aliphatic heterocycles. The summed E-state index contributed by atoms with van der Waals surface area (Å²) in [5.41, 5.74) is 1.38. The number of anilines is 1. The van der Waals surface area contributed by atoms with E-state index >= 15 is 0 Å². The molecule has 0 saturated carbocycles. The molecule has 0 atom stereocenters. The molecule has 4 heteroatoms. The van der Waals surface area contributed by atoms with Crippen LogP contribution in [0.25, 0.3) is 16.5 Å². The summed E-state index contributed by atoms with van der Waals surface area (Å²) in [6, 6.07) is 21.4. The first kappa shape index (κ1) is 19.5. The zero-order valence-corrected chi connectivity index (χ0v) is 16.7. The predicted molar refractivity (Wildman–Crippen MR) is 115 cm³/mol. The summed E-state index contributed by atoms with van der Waals surface area (Å²) in [5.74, 6) is 0.650. The standard InChI is InChI=1S/C24H25NO3/c1-17(19-14-13-18-9-6-7-10-20(18)15-19)25(23(26)28-24(2,3)4)21-11-8-12-22(16-21)27-5/h6-16H,1H2,2-5H3. The van der Waals surface area contributed by atoms with E-state index in [1.54, 1.807) is 13.2 Å². The second kappa shape index (κ2) is 7.77. The van der Waals surface area contributed by atoms with Gasteiger partial charge in [-0.3, -0.25) is 0 Å². The topological polar surface area (TPSA) is 38.8 Å². The normalized spacial score (nSPS) is 11.1. The Balaban J connectivity index is 2.05. The molecule has 0 bridgehead atoms. The zero-order chi connectivity index (χ0) is 20.3. The zero-order valence-electron chi connectivity index (χ0n) is 16.7.